The van der Waals surface area contributed by atoms with Crippen LogP contribution in [-0.2, 0) is 110 Å². The first-order valence-corrected chi connectivity index (χ1v) is 38.9. The zero-order valence-electron chi connectivity index (χ0n) is 67.8. The zero-order chi connectivity index (χ0) is 89.8. The van der Waals surface area contributed by atoms with Gasteiger partial charge in [-0.2, -0.15) is 79.0 Å². The van der Waals surface area contributed by atoms with Gasteiger partial charge in [-0.3, -0.25) is 4.90 Å². The van der Waals surface area contributed by atoms with Crippen LogP contribution in [0.2, 0.25) is 0 Å². The van der Waals surface area contributed by atoms with Crippen molar-refractivity contribution in [2.24, 2.45) is 0 Å². The Bertz CT molecular complexity index is 4740. The highest BCUT2D eigenvalue weighted by Crippen LogP contribution is 2.49. The summed E-state index contributed by atoms with van der Waals surface area (Å²) in [7, 11) is 4.72. The summed E-state index contributed by atoms with van der Waals surface area (Å²) in [6, 6.07) is 41.2. The molecule has 0 saturated carbocycles. The van der Waals surface area contributed by atoms with E-state index in [0.29, 0.717) is 100 Å². The number of rotatable bonds is 26. The number of likely N-dealkylation sites (tertiary alicyclic amines) is 1. The number of hydrogen-bond donors (Lipinski definition) is 2. The van der Waals surface area contributed by atoms with Gasteiger partial charge >= 0.3 is 43.2 Å². The lowest BCUT2D eigenvalue weighted by Gasteiger charge is -2.53. The third-order valence-electron chi connectivity index (χ3n) is 23.0. The number of hydrogen-bond acceptors (Lipinski definition) is 16. The molecule has 20 nitrogen and oxygen atoms in total. The lowest BCUT2D eigenvalue weighted by molar-refractivity contribution is -0.145. The molecule has 13 rings (SSSR count). The molecule has 3 aromatic heterocycles. The minimum atomic E-state index is -5.02. The standard InChI is InChI=1S/C34H34F6N4O4.2C26H28F6N4O2.4CH4/c1-24(26-15-28(33(35,36)37)17-29(16-26)34(38,39)40)48-21-32(27-11-7-4-8-12-27)14-13-31(20-46-2,43-22-41-42-23-43)19-44(32)30(45)47-18-25-9-5-3-6-10-25;2*1-18(19-10-21(25(27,28)29)12-22(11-19)26(30,31)32)38-15-24(20-6-4-3-5-7-20)9-8-23(13-33-24,14-37-2)36-16-34-35-17-36;;;;/h3-12,15-17,22-24H,13-14,18-21H2,1-2H3;2*3-7,10-12,16-18,33H,8-9,13-15H2,1-2H3;4*1H4/t24-,31?,32-;18-,23+,24-;18-,23-,24-;;;;/m111..../s1. The van der Waals surface area contributed by atoms with E-state index >= 15 is 0 Å². The maximum absolute atomic E-state index is 14.2. The summed E-state index contributed by atoms with van der Waals surface area (Å²) < 4.78 is 289. The normalized spacial score (nSPS) is 21.7. The average Bonchev–Trinajstić information content (AvgIpc) is 1.05. The van der Waals surface area contributed by atoms with Gasteiger partial charge in [0.2, 0.25) is 0 Å². The Balaban J connectivity index is 0.000000261. The fourth-order valence-electron chi connectivity index (χ4n) is 15.9. The highest BCUT2D eigenvalue weighted by Gasteiger charge is 2.55. The molecule has 0 aliphatic carbocycles. The number of halogens is 18. The lowest BCUT2D eigenvalue weighted by Crippen LogP contribution is -2.63. The van der Waals surface area contributed by atoms with Crippen molar-refractivity contribution in [1.82, 2.24) is 59.8 Å². The molecule has 1 amide bonds. The van der Waals surface area contributed by atoms with Gasteiger partial charge in [-0.05, 0) is 153 Å². The van der Waals surface area contributed by atoms with Crippen LogP contribution >= 0.6 is 0 Å². The van der Waals surface area contributed by atoms with Crippen LogP contribution in [0.4, 0.5) is 83.8 Å². The highest BCUT2D eigenvalue weighted by atomic mass is 19.4. The number of methoxy groups -OCH3 is 3. The predicted octanol–water partition coefficient (Wildman–Crippen LogP) is 21.7. The third-order valence-corrected chi connectivity index (χ3v) is 23.0. The first-order valence-electron chi connectivity index (χ1n) is 38.9. The van der Waals surface area contributed by atoms with Gasteiger partial charge in [-0.15, -0.1) is 30.6 Å². The number of aromatic nitrogens is 9. The molecular formula is C90H106F18N12O8. The molecule has 6 heterocycles. The van der Waals surface area contributed by atoms with Crippen LogP contribution in [0.1, 0.15) is 180 Å². The minimum absolute atomic E-state index is 0. The van der Waals surface area contributed by atoms with E-state index in [4.69, 9.17) is 33.2 Å². The predicted molar refractivity (Wildman–Crippen MR) is 440 cm³/mol. The Morgan fingerprint density at radius 3 is 0.922 bits per heavy atom. The number of amides is 1. The smallest absolute Gasteiger partial charge is 0.416 e. The molecule has 1 unspecified atom stereocenters. The number of nitrogens with zero attached hydrogens (tertiary/aromatic N) is 10. The number of nitrogens with one attached hydrogen (secondary N) is 2. The molecule has 700 valence electrons. The number of alkyl halides is 18. The van der Waals surface area contributed by atoms with E-state index in [2.05, 4.69) is 41.2 Å². The molecule has 0 radical (unpaired) electrons. The van der Waals surface area contributed by atoms with Crippen molar-refractivity contribution >= 4 is 6.09 Å². The second-order valence-corrected chi connectivity index (χ2v) is 31.1. The minimum Gasteiger partial charge on any atom is -0.445 e. The van der Waals surface area contributed by atoms with E-state index in [1.165, 1.54) is 45.4 Å². The number of piperidine rings is 3. The largest absolute Gasteiger partial charge is 0.445 e. The highest BCUT2D eigenvalue weighted by molar-refractivity contribution is 5.70. The third kappa shape index (κ3) is 24.8. The van der Waals surface area contributed by atoms with Crippen molar-refractivity contribution in [3.05, 3.63) is 286 Å². The number of carbonyl (C=O) groups excluding carboxylic acids is 1. The van der Waals surface area contributed by atoms with Crippen molar-refractivity contribution in [1.29, 1.82) is 0 Å². The molecule has 10 aromatic rings. The van der Waals surface area contributed by atoms with Crippen LogP contribution in [0.25, 0.3) is 0 Å². The van der Waals surface area contributed by atoms with Gasteiger partial charge in [0.05, 0.1) is 131 Å². The molecule has 2 N–H and O–H groups in total. The Kier molecular flexibility index (Phi) is 35.1. The van der Waals surface area contributed by atoms with Crippen LogP contribution in [0.15, 0.2) is 214 Å². The summed E-state index contributed by atoms with van der Waals surface area (Å²) in [5, 5.41) is 30.6. The number of carbonyl (C=O) groups is 1. The van der Waals surface area contributed by atoms with Crippen LogP contribution in [-0.4, -0.2) is 136 Å². The van der Waals surface area contributed by atoms with E-state index in [-0.39, 0.29) is 111 Å². The van der Waals surface area contributed by atoms with Crippen LogP contribution in [0.5, 0.6) is 0 Å². The van der Waals surface area contributed by atoms with Crippen LogP contribution < -0.4 is 10.6 Å². The topological polar surface area (TPSA) is 201 Å². The Hall–Kier alpha value is -10.4. The Labute approximate surface area is 731 Å². The van der Waals surface area contributed by atoms with E-state index in [1.807, 2.05) is 75.9 Å². The molecular weight excluding hydrogens is 1720 g/mol. The molecule has 3 fully saturated rings. The molecule has 7 aromatic carbocycles. The SMILES string of the molecule is C.C.C.C.COCC1(n2cnnc2)CC[C@@](CO[C@H](C)c2cc(C(F)(F)F)cc(C(F)(F)F)c2)(c2ccccc2)N(C(=O)OCc2ccccc2)C1.COC[C@@]1(n2cnnc2)CC[C@@](CO[C@H](C)c2cc(C(F)(F)F)cc(C(F)(F)F)c2)(c2ccccc2)NC1.COC[C@]1(n2cnnc2)CC[C@@](CO[C@H](C)c2cc(C(F)(F)F)cc(C(F)(F)F)c2)(c2ccccc2)NC1. The molecule has 128 heavy (non-hydrogen) atoms. The molecule has 9 atom stereocenters. The fraction of sp³-hybridized carbons (Fsp3) is 0.456. The lowest BCUT2D eigenvalue weighted by atomic mass is 9.74. The van der Waals surface area contributed by atoms with Crippen LogP contribution in [0, 0.1) is 0 Å². The van der Waals surface area contributed by atoms with E-state index in [1.54, 1.807) is 98.7 Å². The summed E-state index contributed by atoms with van der Waals surface area (Å²) in [6.45, 7) is 5.81. The zero-order valence-corrected chi connectivity index (χ0v) is 67.8. The van der Waals surface area contributed by atoms with Gasteiger partial charge in [0.1, 0.15) is 44.6 Å². The first kappa shape index (κ1) is 105. The molecule has 0 bridgehead atoms. The Morgan fingerprint density at radius 1 is 0.359 bits per heavy atom. The molecule has 0 spiro atoms. The van der Waals surface area contributed by atoms with Crippen molar-refractivity contribution < 1.29 is 117 Å². The molecule has 3 aliphatic rings. The molecule has 3 saturated heterocycles. The summed E-state index contributed by atoms with van der Waals surface area (Å²) in [5.41, 5.74) is -10.5. The fourth-order valence-corrected chi connectivity index (χ4v) is 15.9. The van der Waals surface area contributed by atoms with Gasteiger partial charge in [-0.1, -0.05) is 151 Å². The van der Waals surface area contributed by atoms with E-state index in [9.17, 15) is 83.8 Å². The van der Waals surface area contributed by atoms with Crippen molar-refractivity contribution in [3.63, 3.8) is 0 Å². The van der Waals surface area contributed by atoms with Crippen molar-refractivity contribution in [3.8, 4) is 0 Å². The molecule has 3 aliphatic heterocycles. The average molecular weight is 1830 g/mol. The van der Waals surface area contributed by atoms with Gasteiger partial charge in [0, 0.05) is 34.4 Å². The number of ether oxygens (including phenoxy) is 7. The van der Waals surface area contributed by atoms with E-state index < -0.39 is 128 Å². The first-order chi connectivity index (χ1) is 58.5. The molecule has 38 heteroatoms. The summed E-state index contributed by atoms with van der Waals surface area (Å²) in [4.78, 5) is 15.7. The summed E-state index contributed by atoms with van der Waals surface area (Å²) in [6.07, 6.45) is -21.3. The quantitative estimate of drug-likeness (QED) is 0.0484. The Morgan fingerprint density at radius 2 is 0.633 bits per heavy atom. The van der Waals surface area contributed by atoms with Gasteiger partial charge in [0.25, 0.3) is 0 Å². The maximum Gasteiger partial charge on any atom is 0.416 e. The van der Waals surface area contributed by atoms with Gasteiger partial charge < -0.3 is 57.5 Å². The second kappa shape index (κ2) is 42.9. The second-order valence-electron chi connectivity index (χ2n) is 31.1. The van der Waals surface area contributed by atoms with Crippen molar-refractivity contribution in [2.75, 3.05) is 80.6 Å². The summed E-state index contributed by atoms with van der Waals surface area (Å²) in [5.74, 6) is 0. The maximum atomic E-state index is 14.2. The monoisotopic (exact) mass is 1820 g/mol. The number of benzene rings is 7. The van der Waals surface area contributed by atoms with Gasteiger partial charge in [0.15, 0.2) is 0 Å². The van der Waals surface area contributed by atoms with E-state index in [0.717, 1.165) is 16.7 Å². The van der Waals surface area contributed by atoms with Crippen LogP contribution in [0.3, 0.4) is 0 Å². The van der Waals surface area contributed by atoms with Gasteiger partial charge in [-0.25, -0.2) is 4.79 Å². The summed E-state index contributed by atoms with van der Waals surface area (Å²) >= 11 is 0. The van der Waals surface area contributed by atoms with Crippen molar-refractivity contribution in [2.45, 2.75) is 184 Å².